The second-order valence-corrected chi connectivity index (χ2v) is 9.25. The summed E-state index contributed by atoms with van der Waals surface area (Å²) in [6.07, 6.45) is 3.62. The number of hydrogen-bond acceptors (Lipinski definition) is 0. The van der Waals surface area contributed by atoms with Crippen molar-refractivity contribution < 1.29 is 0 Å². The summed E-state index contributed by atoms with van der Waals surface area (Å²) in [6, 6.07) is 48.7. The van der Waals surface area contributed by atoms with E-state index in [2.05, 4.69) is 140 Å². The van der Waals surface area contributed by atoms with Gasteiger partial charge in [-0.1, -0.05) is 147 Å². The van der Waals surface area contributed by atoms with Gasteiger partial charge < -0.3 is 0 Å². The topological polar surface area (TPSA) is 0 Å². The molecule has 5 aromatic rings. The fourth-order valence-electron chi connectivity index (χ4n) is 4.83. The van der Waals surface area contributed by atoms with Crippen LogP contribution in [0.1, 0.15) is 47.9 Å². The Bertz CT molecular complexity index is 1230. The van der Waals surface area contributed by atoms with Gasteiger partial charge >= 0.3 is 0 Å². The fourth-order valence-corrected chi connectivity index (χ4v) is 4.83. The molecule has 5 aromatic carbocycles. The SMILES string of the molecule is CCCCc1ccc(C(c2ccc(-c3ccccc3)cc2)c2ccc(-c3ccccc3)cc2)cc1. The lowest BCUT2D eigenvalue weighted by Crippen LogP contribution is -2.04. The van der Waals surface area contributed by atoms with E-state index in [9.17, 15) is 0 Å². The van der Waals surface area contributed by atoms with Gasteiger partial charge in [-0.05, 0) is 57.3 Å². The molecule has 35 heavy (non-hydrogen) atoms. The highest BCUT2D eigenvalue weighted by Gasteiger charge is 2.17. The summed E-state index contributed by atoms with van der Waals surface area (Å²) in [5.41, 5.74) is 10.4. The molecule has 0 aliphatic heterocycles. The smallest absolute Gasteiger partial charge is 0.0340 e. The minimum atomic E-state index is 0.199. The maximum atomic E-state index is 2.33. The lowest BCUT2D eigenvalue weighted by molar-refractivity contribution is 0.794. The predicted molar refractivity (Wildman–Crippen MR) is 150 cm³/mol. The van der Waals surface area contributed by atoms with Crippen LogP contribution in [0, 0.1) is 0 Å². The van der Waals surface area contributed by atoms with Crippen molar-refractivity contribution >= 4 is 0 Å². The molecule has 0 nitrogen and oxygen atoms in total. The summed E-state index contributed by atoms with van der Waals surface area (Å²) in [4.78, 5) is 0. The number of rotatable bonds is 8. The molecule has 0 N–H and O–H groups in total. The van der Waals surface area contributed by atoms with Crippen molar-refractivity contribution in [3.05, 3.63) is 156 Å². The Morgan fingerprint density at radius 2 is 0.800 bits per heavy atom. The van der Waals surface area contributed by atoms with E-state index in [0.29, 0.717) is 0 Å². The van der Waals surface area contributed by atoms with Gasteiger partial charge in [0.2, 0.25) is 0 Å². The zero-order valence-electron chi connectivity index (χ0n) is 20.4. The van der Waals surface area contributed by atoms with Gasteiger partial charge in [-0.3, -0.25) is 0 Å². The molecule has 0 spiro atoms. The fraction of sp³-hybridized carbons (Fsp3) is 0.143. The van der Waals surface area contributed by atoms with Crippen LogP contribution in [0.15, 0.2) is 133 Å². The van der Waals surface area contributed by atoms with E-state index in [1.807, 2.05) is 0 Å². The van der Waals surface area contributed by atoms with Crippen molar-refractivity contribution in [1.82, 2.24) is 0 Å². The van der Waals surface area contributed by atoms with E-state index in [1.54, 1.807) is 0 Å². The third kappa shape index (κ3) is 5.44. The van der Waals surface area contributed by atoms with Gasteiger partial charge in [-0.25, -0.2) is 0 Å². The van der Waals surface area contributed by atoms with Gasteiger partial charge in [0.05, 0.1) is 0 Å². The third-order valence-corrected chi connectivity index (χ3v) is 6.83. The predicted octanol–water partition coefficient (Wildman–Crippen LogP) is 9.54. The highest BCUT2D eigenvalue weighted by atomic mass is 14.2. The molecule has 0 unspecified atom stereocenters. The van der Waals surface area contributed by atoms with Crippen LogP contribution in [0.25, 0.3) is 22.3 Å². The largest absolute Gasteiger partial charge is 0.0654 e. The molecule has 172 valence electrons. The molecular formula is C35H32. The molecule has 0 heterocycles. The van der Waals surface area contributed by atoms with Gasteiger partial charge in [0.15, 0.2) is 0 Å². The van der Waals surface area contributed by atoms with E-state index in [4.69, 9.17) is 0 Å². The first-order valence-electron chi connectivity index (χ1n) is 12.7. The summed E-state index contributed by atoms with van der Waals surface area (Å²) < 4.78 is 0. The molecule has 0 saturated carbocycles. The summed E-state index contributed by atoms with van der Waals surface area (Å²) in [7, 11) is 0. The Hall–Kier alpha value is -3.90. The first-order valence-corrected chi connectivity index (χ1v) is 12.7. The molecule has 0 bridgehead atoms. The second kappa shape index (κ2) is 11.0. The monoisotopic (exact) mass is 452 g/mol. The number of aryl methyl sites for hydroxylation is 1. The molecular weight excluding hydrogens is 420 g/mol. The van der Waals surface area contributed by atoms with Crippen LogP contribution in [-0.4, -0.2) is 0 Å². The Balaban J connectivity index is 1.50. The lowest BCUT2D eigenvalue weighted by atomic mass is 9.83. The number of hydrogen-bond donors (Lipinski definition) is 0. The summed E-state index contributed by atoms with van der Waals surface area (Å²) >= 11 is 0. The van der Waals surface area contributed by atoms with Crippen LogP contribution in [-0.2, 0) is 6.42 Å². The lowest BCUT2D eigenvalue weighted by Gasteiger charge is -2.20. The second-order valence-electron chi connectivity index (χ2n) is 9.25. The summed E-state index contributed by atoms with van der Waals surface area (Å²) in [5, 5.41) is 0. The molecule has 5 rings (SSSR count). The van der Waals surface area contributed by atoms with Crippen LogP contribution in [0.2, 0.25) is 0 Å². The van der Waals surface area contributed by atoms with Crippen LogP contribution in [0.4, 0.5) is 0 Å². The van der Waals surface area contributed by atoms with Crippen molar-refractivity contribution in [2.24, 2.45) is 0 Å². The average molecular weight is 453 g/mol. The molecule has 0 saturated heterocycles. The van der Waals surface area contributed by atoms with Gasteiger partial charge in [0.1, 0.15) is 0 Å². The molecule has 0 aliphatic rings. The Morgan fingerprint density at radius 3 is 1.20 bits per heavy atom. The van der Waals surface area contributed by atoms with Gasteiger partial charge in [-0.2, -0.15) is 0 Å². The highest BCUT2D eigenvalue weighted by molar-refractivity contribution is 5.65. The minimum Gasteiger partial charge on any atom is -0.0654 e. The average Bonchev–Trinajstić information content (AvgIpc) is 2.94. The number of unbranched alkanes of at least 4 members (excludes halogenated alkanes) is 1. The van der Waals surface area contributed by atoms with E-state index in [1.165, 1.54) is 57.3 Å². The van der Waals surface area contributed by atoms with Gasteiger partial charge in [-0.15, -0.1) is 0 Å². The zero-order valence-corrected chi connectivity index (χ0v) is 20.4. The van der Waals surface area contributed by atoms with E-state index in [-0.39, 0.29) is 5.92 Å². The minimum absolute atomic E-state index is 0.199. The summed E-state index contributed by atoms with van der Waals surface area (Å²) in [6.45, 7) is 2.25. The Kier molecular flexibility index (Phi) is 7.20. The Labute approximate surface area is 209 Å². The van der Waals surface area contributed by atoms with Gasteiger partial charge in [0.25, 0.3) is 0 Å². The van der Waals surface area contributed by atoms with Crippen molar-refractivity contribution in [2.75, 3.05) is 0 Å². The molecule has 0 aromatic heterocycles. The maximum absolute atomic E-state index is 2.33. The third-order valence-electron chi connectivity index (χ3n) is 6.83. The van der Waals surface area contributed by atoms with E-state index >= 15 is 0 Å². The van der Waals surface area contributed by atoms with E-state index in [0.717, 1.165) is 6.42 Å². The first-order chi connectivity index (χ1) is 17.3. The molecule has 0 radical (unpaired) electrons. The van der Waals surface area contributed by atoms with Crippen LogP contribution < -0.4 is 0 Å². The van der Waals surface area contributed by atoms with Crippen molar-refractivity contribution in [3.8, 4) is 22.3 Å². The quantitative estimate of drug-likeness (QED) is 0.206. The summed E-state index contributed by atoms with van der Waals surface area (Å²) in [5.74, 6) is 0.199. The first kappa shape index (κ1) is 22.9. The van der Waals surface area contributed by atoms with Crippen LogP contribution in [0.5, 0.6) is 0 Å². The Morgan fingerprint density at radius 1 is 0.429 bits per heavy atom. The molecule has 0 fully saturated rings. The van der Waals surface area contributed by atoms with Crippen molar-refractivity contribution in [1.29, 1.82) is 0 Å². The van der Waals surface area contributed by atoms with Gasteiger partial charge in [0, 0.05) is 5.92 Å². The molecule has 0 heteroatoms. The molecule has 0 atom stereocenters. The van der Waals surface area contributed by atoms with E-state index < -0.39 is 0 Å². The normalized spacial score (nSPS) is 11.0. The van der Waals surface area contributed by atoms with Crippen LogP contribution in [0.3, 0.4) is 0 Å². The van der Waals surface area contributed by atoms with Crippen molar-refractivity contribution in [2.45, 2.75) is 32.1 Å². The van der Waals surface area contributed by atoms with Crippen molar-refractivity contribution in [3.63, 3.8) is 0 Å². The zero-order chi connectivity index (χ0) is 23.9. The number of benzene rings is 5. The van der Waals surface area contributed by atoms with Crippen LogP contribution >= 0.6 is 0 Å². The molecule has 0 amide bonds. The highest BCUT2D eigenvalue weighted by Crippen LogP contribution is 2.34. The standard InChI is InChI=1S/C35H32/c1-2-3-10-27-15-17-32(18-16-27)35(33-23-19-30(20-24-33)28-11-6-4-7-12-28)34-25-21-31(22-26-34)29-13-8-5-9-14-29/h4-9,11-26,35H,2-3,10H2,1H3. The molecule has 0 aliphatic carbocycles. The maximum Gasteiger partial charge on any atom is 0.0340 e.